The molecule has 0 unspecified atom stereocenters. The van der Waals surface area contributed by atoms with E-state index in [0.717, 1.165) is 16.7 Å². The van der Waals surface area contributed by atoms with E-state index in [0.29, 0.717) is 50.4 Å². The molecule has 0 atom stereocenters. The van der Waals surface area contributed by atoms with E-state index in [1.54, 1.807) is 35.8 Å². The first-order valence-corrected chi connectivity index (χ1v) is 17.2. The van der Waals surface area contributed by atoms with Gasteiger partial charge in [0.05, 0.1) is 33.3 Å². The zero-order valence-corrected chi connectivity index (χ0v) is 32.5. The van der Waals surface area contributed by atoms with Crippen LogP contribution in [-0.4, -0.2) is 19.6 Å². The Bertz CT molecular complexity index is 3190. The molecule has 2 heterocycles. The average molecular weight is 895 g/mol. The number of aryl methyl sites for hydroxylation is 3. The minimum absolute atomic E-state index is 0. The first-order chi connectivity index (χ1) is 30.1. The van der Waals surface area contributed by atoms with Crippen LogP contribution in [0.2, 0.25) is 0 Å². The maximum atomic E-state index is 11.6. The van der Waals surface area contributed by atoms with E-state index in [2.05, 4.69) is 11.1 Å². The SMILES string of the molecule is [2H]c1nc(-c2[c-]c(-c3cccc4c3nc(-c3cc(C)cc(C)c3O)n4-c3ccc(-c4ccccc4)cc3C([2H])([2H])[2H])cc(C(C)(C)C)c2)c([2H])c(-c2c([2H])c([2H])c([2H])c([2H])c2[2H])c1[2H].[Pt]. The molecule has 0 saturated carbocycles. The maximum absolute atomic E-state index is 11.6. The van der Waals surface area contributed by atoms with E-state index >= 15 is 0 Å². The Kier molecular flexibility index (Phi) is 6.92. The number of imidazole rings is 1. The van der Waals surface area contributed by atoms with Crippen LogP contribution in [0.3, 0.4) is 0 Å². The summed E-state index contributed by atoms with van der Waals surface area (Å²) in [4.78, 5) is 9.58. The van der Waals surface area contributed by atoms with Crippen LogP contribution in [0.5, 0.6) is 5.75 Å². The zero-order valence-electron chi connectivity index (χ0n) is 41.3. The Labute approximate surface area is 348 Å². The fourth-order valence-corrected chi connectivity index (χ4v) is 6.63. The molecule has 54 heavy (non-hydrogen) atoms. The second kappa shape index (κ2) is 14.7. The van der Waals surface area contributed by atoms with Gasteiger partial charge in [0.25, 0.3) is 0 Å². The first-order valence-electron chi connectivity index (χ1n) is 22.7. The molecule has 5 heteroatoms. The molecule has 0 radical (unpaired) electrons. The van der Waals surface area contributed by atoms with E-state index in [1.165, 1.54) is 0 Å². The predicted molar refractivity (Wildman–Crippen MR) is 219 cm³/mol. The Morgan fingerprint density at radius 1 is 0.741 bits per heavy atom. The third-order valence-electron chi connectivity index (χ3n) is 9.34. The summed E-state index contributed by atoms with van der Waals surface area (Å²) in [6.45, 7) is 7.11. The normalized spacial score (nSPS) is 14.6. The molecule has 0 fully saturated rings. The number of nitrogens with zero attached hydrogens (tertiary/aromatic N) is 3. The molecule has 270 valence electrons. The van der Waals surface area contributed by atoms with Gasteiger partial charge in [0.2, 0.25) is 0 Å². The minimum Gasteiger partial charge on any atom is -0.507 e. The summed E-state index contributed by atoms with van der Waals surface area (Å²) in [5, 5.41) is 11.6. The zero-order chi connectivity index (χ0) is 46.3. The van der Waals surface area contributed by atoms with Gasteiger partial charge in [-0.3, -0.25) is 9.55 Å². The molecule has 0 aliphatic rings. The van der Waals surface area contributed by atoms with E-state index in [9.17, 15) is 6.48 Å². The van der Waals surface area contributed by atoms with Gasteiger partial charge >= 0.3 is 0 Å². The summed E-state index contributed by atoms with van der Waals surface area (Å²) in [6.07, 6.45) is -0.564. The van der Waals surface area contributed by atoms with Gasteiger partial charge in [-0.1, -0.05) is 123 Å². The van der Waals surface area contributed by atoms with E-state index in [4.69, 9.17) is 18.7 Å². The summed E-state index contributed by atoms with van der Waals surface area (Å²) < 4.78 is 96.9. The third-order valence-corrected chi connectivity index (χ3v) is 9.34. The number of para-hydroxylation sites is 1. The van der Waals surface area contributed by atoms with Crippen molar-refractivity contribution in [2.45, 2.75) is 46.9 Å². The molecule has 0 amide bonds. The van der Waals surface area contributed by atoms with Crippen molar-refractivity contribution in [1.29, 1.82) is 0 Å². The molecule has 8 aromatic rings. The van der Waals surface area contributed by atoms with Crippen molar-refractivity contribution < 1.29 is 41.3 Å². The number of aromatic nitrogens is 3. The summed E-state index contributed by atoms with van der Waals surface area (Å²) in [7, 11) is 0. The molecule has 4 nitrogen and oxygen atoms in total. The van der Waals surface area contributed by atoms with Crippen molar-refractivity contribution in [2.75, 3.05) is 0 Å². The van der Waals surface area contributed by atoms with Crippen molar-refractivity contribution in [3.63, 3.8) is 0 Å². The van der Waals surface area contributed by atoms with Crippen LogP contribution in [0.25, 0.3) is 72.7 Å². The number of aromatic hydroxyl groups is 1. The Hall–Kier alpha value is -5.57. The van der Waals surface area contributed by atoms with Crippen molar-refractivity contribution in [3.8, 4) is 67.5 Å². The topological polar surface area (TPSA) is 50.9 Å². The van der Waals surface area contributed by atoms with Gasteiger partial charge in [-0.05, 0) is 95.4 Å². The van der Waals surface area contributed by atoms with E-state index in [1.807, 2.05) is 94.4 Å². The first kappa shape index (κ1) is 25.4. The van der Waals surface area contributed by atoms with Crippen LogP contribution in [0, 0.1) is 26.8 Å². The quantitative estimate of drug-likeness (QED) is 0.169. The minimum atomic E-state index is -2.57. The maximum Gasteiger partial charge on any atom is 0.148 e. The van der Waals surface area contributed by atoms with Gasteiger partial charge < -0.3 is 5.11 Å². The molecule has 0 saturated heterocycles. The largest absolute Gasteiger partial charge is 0.507 e. The van der Waals surface area contributed by atoms with Gasteiger partial charge in [-0.25, -0.2) is 4.98 Å². The van der Waals surface area contributed by atoms with Crippen LogP contribution in [0.15, 0.2) is 139 Å². The monoisotopic (exact) mass is 894 g/mol. The summed E-state index contributed by atoms with van der Waals surface area (Å²) in [6, 6.07) is 26.9. The van der Waals surface area contributed by atoms with Crippen LogP contribution < -0.4 is 0 Å². The predicted octanol–water partition coefficient (Wildman–Crippen LogP) is 12.5. The van der Waals surface area contributed by atoms with Crippen LogP contribution >= 0.6 is 0 Å². The van der Waals surface area contributed by atoms with Crippen molar-refractivity contribution in [3.05, 3.63) is 168 Å². The molecule has 0 aliphatic heterocycles. The van der Waals surface area contributed by atoms with E-state index < -0.39 is 60.7 Å². The third kappa shape index (κ3) is 6.95. The van der Waals surface area contributed by atoms with Gasteiger partial charge in [-0.15, -0.1) is 29.3 Å². The fourth-order valence-electron chi connectivity index (χ4n) is 6.63. The number of phenols is 1. The molecular formula is C49H42N3OPt-. The molecule has 0 bridgehead atoms. The number of hydrogen-bond acceptors (Lipinski definition) is 3. The van der Waals surface area contributed by atoms with Gasteiger partial charge in [0.1, 0.15) is 11.6 Å². The Morgan fingerprint density at radius 2 is 1.52 bits per heavy atom. The molecule has 8 rings (SSSR count). The number of fused-ring (bicyclic) bond motifs is 1. The number of pyridine rings is 1. The Balaban J connectivity index is 0.00000630. The molecule has 6 aromatic carbocycles. The van der Waals surface area contributed by atoms with E-state index in [-0.39, 0.29) is 54.8 Å². The molecule has 0 aliphatic carbocycles. The number of phenolic OH excluding ortho intramolecular Hbond substituents is 1. The van der Waals surface area contributed by atoms with Crippen LogP contribution in [0.4, 0.5) is 0 Å². The van der Waals surface area contributed by atoms with Gasteiger partial charge in [0.15, 0.2) is 0 Å². The van der Waals surface area contributed by atoms with Gasteiger partial charge in [-0.2, -0.15) is 0 Å². The average Bonchev–Trinajstić information content (AvgIpc) is 3.64. The summed E-state index contributed by atoms with van der Waals surface area (Å²) in [5.74, 6) is 0.275. The molecular weight excluding hydrogens is 842 g/mol. The Morgan fingerprint density at radius 3 is 2.28 bits per heavy atom. The van der Waals surface area contributed by atoms with Crippen molar-refractivity contribution >= 4 is 11.0 Å². The fraction of sp³-hybridized carbons (Fsp3) is 0.143. The second-order valence-electron chi connectivity index (χ2n) is 14.2. The van der Waals surface area contributed by atoms with Gasteiger partial charge in [0, 0.05) is 37.0 Å². The summed E-state index contributed by atoms with van der Waals surface area (Å²) >= 11 is 0. The second-order valence-corrected chi connectivity index (χ2v) is 14.2. The molecule has 0 spiro atoms. The van der Waals surface area contributed by atoms with Crippen LogP contribution in [-0.2, 0) is 26.5 Å². The number of benzene rings is 6. The number of hydrogen-bond donors (Lipinski definition) is 1. The van der Waals surface area contributed by atoms with Crippen LogP contribution in [0.1, 0.15) is 58.1 Å². The van der Waals surface area contributed by atoms with Crippen molar-refractivity contribution in [1.82, 2.24) is 14.5 Å². The summed E-state index contributed by atoms with van der Waals surface area (Å²) in [5.41, 5.74) is 5.54. The smallest absolute Gasteiger partial charge is 0.148 e. The standard InChI is InChI=1S/C49H42N3O.Pt/c1-31-24-33(3)47(53)42(25-31)48-51-46-41(18-13-19-45(46)52(48)44-21-20-36(26-32(44)2)34-14-9-7-10-15-34)38-27-39(29-40(28-38)49(4,5)6)43-30-37(22-23-50-43)35-16-11-8-12-17-35;/h7-26,28-30,53H,1-6H3;/q-1;/i2D3,8D,11D,12D,16D,17D,22D,23D,30D;. The molecule has 1 N–H and O–H groups in total. The molecule has 2 aromatic heterocycles. The number of rotatable bonds is 6. The van der Waals surface area contributed by atoms with Crippen molar-refractivity contribution in [2.24, 2.45) is 0 Å².